The van der Waals surface area contributed by atoms with Crippen molar-refractivity contribution in [3.8, 4) is 0 Å². The number of fused-ring (bicyclic) bond motifs is 1. The van der Waals surface area contributed by atoms with Gasteiger partial charge in [-0.15, -0.1) is 0 Å². The SMILES string of the molecule is O=C1CC(=Cc2cnn3c(NC4CC4)cc(N4CCCC4)nc23)C(=O)N1. The van der Waals surface area contributed by atoms with Crippen molar-refractivity contribution in [1.29, 1.82) is 0 Å². The van der Waals surface area contributed by atoms with E-state index in [4.69, 9.17) is 4.98 Å². The third-order valence-electron chi connectivity index (χ3n) is 5.07. The van der Waals surface area contributed by atoms with Gasteiger partial charge in [0.05, 0.1) is 12.6 Å². The number of hydrogen-bond acceptors (Lipinski definition) is 6. The Balaban J connectivity index is 1.60. The highest BCUT2D eigenvalue weighted by molar-refractivity contribution is 6.15. The molecule has 0 unspecified atom stereocenters. The van der Waals surface area contributed by atoms with Gasteiger partial charge in [-0.25, -0.2) is 4.98 Å². The molecule has 26 heavy (non-hydrogen) atoms. The van der Waals surface area contributed by atoms with Crippen LogP contribution >= 0.6 is 0 Å². The first kappa shape index (κ1) is 15.4. The summed E-state index contributed by atoms with van der Waals surface area (Å²) in [7, 11) is 0. The number of nitrogens with one attached hydrogen (secondary N) is 2. The van der Waals surface area contributed by atoms with Crippen molar-refractivity contribution in [3.05, 3.63) is 23.4 Å². The Morgan fingerprint density at radius 3 is 2.73 bits per heavy atom. The highest BCUT2D eigenvalue weighted by Gasteiger charge is 2.26. The number of nitrogens with zero attached hydrogens (tertiary/aromatic N) is 4. The van der Waals surface area contributed by atoms with E-state index in [1.165, 1.54) is 25.7 Å². The van der Waals surface area contributed by atoms with Gasteiger partial charge in [-0.2, -0.15) is 9.61 Å². The number of amides is 2. The number of aromatic nitrogens is 3. The summed E-state index contributed by atoms with van der Waals surface area (Å²) in [6, 6.07) is 2.56. The van der Waals surface area contributed by atoms with E-state index in [1.807, 2.05) is 0 Å². The first-order valence-electron chi connectivity index (χ1n) is 9.12. The van der Waals surface area contributed by atoms with Crippen molar-refractivity contribution in [2.45, 2.75) is 38.1 Å². The highest BCUT2D eigenvalue weighted by Crippen LogP contribution is 2.29. The largest absolute Gasteiger partial charge is 0.367 e. The minimum atomic E-state index is -0.332. The van der Waals surface area contributed by atoms with Crippen LogP contribution in [0.4, 0.5) is 11.6 Å². The summed E-state index contributed by atoms with van der Waals surface area (Å²) in [4.78, 5) is 30.4. The number of carbonyl (C=O) groups excluding carboxylic acids is 2. The summed E-state index contributed by atoms with van der Waals surface area (Å²) in [5.41, 5.74) is 1.91. The van der Waals surface area contributed by atoms with E-state index in [9.17, 15) is 9.59 Å². The molecule has 0 radical (unpaired) electrons. The Bertz CT molecular complexity index is 937. The Hall–Kier alpha value is -2.90. The number of imide groups is 1. The number of hydrogen-bond donors (Lipinski definition) is 2. The Morgan fingerprint density at radius 2 is 2.04 bits per heavy atom. The summed E-state index contributed by atoms with van der Waals surface area (Å²) in [6.07, 6.45) is 8.23. The van der Waals surface area contributed by atoms with Gasteiger partial charge in [0.2, 0.25) is 5.91 Å². The molecule has 2 aromatic heterocycles. The average Bonchev–Trinajstić information content (AvgIpc) is 3.01. The topological polar surface area (TPSA) is 91.6 Å². The minimum absolute atomic E-state index is 0.106. The van der Waals surface area contributed by atoms with Gasteiger partial charge in [0, 0.05) is 36.3 Å². The molecule has 1 saturated carbocycles. The second-order valence-corrected chi connectivity index (χ2v) is 7.17. The van der Waals surface area contributed by atoms with Crippen molar-refractivity contribution < 1.29 is 9.59 Å². The maximum atomic E-state index is 11.9. The van der Waals surface area contributed by atoms with Gasteiger partial charge >= 0.3 is 0 Å². The lowest BCUT2D eigenvalue weighted by Crippen LogP contribution is -2.20. The average molecular weight is 352 g/mol. The number of carbonyl (C=O) groups is 2. The smallest absolute Gasteiger partial charge is 0.254 e. The van der Waals surface area contributed by atoms with Gasteiger partial charge in [0.15, 0.2) is 5.65 Å². The maximum absolute atomic E-state index is 11.9. The minimum Gasteiger partial charge on any atom is -0.367 e. The molecule has 0 bridgehead atoms. The molecule has 2 N–H and O–H groups in total. The molecule has 1 aliphatic carbocycles. The third-order valence-corrected chi connectivity index (χ3v) is 5.07. The van der Waals surface area contributed by atoms with Crippen molar-refractivity contribution in [2.24, 2.45) is 0 Å². The molecule has 8 nitrogen and oxygen atoms in total. The van der Waals surface area contributed by atoms with Crippen LogP contribution in [0.25, 0.3) is 11.7 Å². The summed E-state index contributed by atoms with van der Waals surface area (Å²) >= 11 is 0. The molecular formula is C18H20N6O2. The van der Waals surface area contributed by atoms with Crippen molar-refractivity contribution in [3.63, 3.8) is 0 Å². The fourth-order valence-corrected chi connectivity index (χ4v) is 3.53. The molecule has 2 aliphatic heterocycles. The molecule has 2 aromatic rings. The molecule has 0 spiro atoms. The molecule has 2 amide bonds. The zero-order chi connectivity index (χ0) is 17.7. The highest BCUT2D eigenvalue weighted by atomic mass is 16.2. The van der Waals surface area contributed by atoms with Crippen molar-refractivity contribution in [1.82, 2.24) is 19.9 Å². The predicted molar refractivity (Wildman–Crippen MR) is 96.8 cm³/mol. The Morgan fingerprint density at radius 1 is 1.23 bits per heavy atom. The van der Waals surface area contributed by atoms with Crippen LogP contribution in [0.15, 0.2) is 17.8 Å². The van der Waals surface area contributed by atoms with Crippen LogP contribution in [0.5, 0.6) is 0 Å². The lowest BCUT2D eigenvalue weighted by Gasteiger charge is -2.18. The van der Waals surface area contributed by atoms with E-state index in [0.717, 1.165) is 30.3 Å². The first-order chi connectivity index (χ1) is 12.7. The van der Waals surface area contributed by atoms with Gasteiger partial charge in [-0.05, 0) is 31.8 Å². The first-order valence-corrected chi connectivity index (χ1v) is 9.12. The molecule has 4 heterocycles. The van der Waals surface area contributed by atoms with E-state index in [0.29, 0.717) is 17.3 Å². The molecule has 0 atom stereocenters. The van der Waals surface area contributed by atoms with Crippen LogP contribution in [-0.2, 0) is 9.59 Å². The lowest BCUT2D eigenvalue weighted by molar-refractivity contribution is -0.124. The summed E-state index contributed by atoms with van der Waals surface area (Å²) in [6.45, 7) is 2.01. The second kappa shape index (κ2) is 5.82. The van der Waals surface area contributed by atoms with Crippen LogP contribution in [0.2, 0.25) is 0 Å². The Kier molecular flexibility index (Phi) is 3.44. The summed E-state index contributed by atoms with van der Waals surface area (Å²) in [5.74, 6) is 1.27. The van der Waals surface area contributed by atoms with Crippen molar-refractivity contribution >= 4 is 35.2 Å². The van der Waals surface area contributed by atoms with E-state index in [1.54, 1.807) is 16.8 Å². The maximum Gasteiger partial charge on any atom is 0.254 e. The zero-order valence-corrected chi connectivity index (χ0v) is 14.4. The molecule has 3 aliphatic rings. The van der Waals surface area contributed by atoms with Gasteiger partial charge in [-0.3, -0.25) is 14.9 Å². The monoisotopic (exact) mass is 352 g/mol. The normalized spacial score (nSPS) is 21.8. The zero-order valence-electron chi connectivity index (χ0n) is 14.4. The number of rotatable bonds is 4. The number of anilines is 2. The lowest BCUT2D eigenvalue weighted by atomic mass is 10.1. The molecule has 134 valence electrons. The fourth-order valence-electron chi connectivity index (χ4n) is 3.53. The van der Waals surface area contributed by atoms with E-state index >= 15 is 0 Å². The molecule has 0 aromatic carbocycles. The van der Waals surface area contributed by atoms with E-state index in [-0.39, 0.29) is 18.2 Å². The van der Waals surface area contributed by atoms with Gasteiger partial charge < -0.3 is 10.2 Å². The van der Waals surface area contributed by atoms with Crippen LogP contribution in [0.3, 0.4) is 0 Å². The standard InChI is InChI=1S/C18H20N6O2/c25-16-8-11(18(26)22-16)7-12-10-19-24-15(20-13-3-4-13)9-14(21-17(12)24)23-5-1-2-6-23/h7,9-10,13,20H,1-6,8H2,(H,22,25,26). The quantitative estimate of drug-likeness (QED) is 0.637. The third kappa shape index (κ3) is 2.71. The van der Waals surface area contributed by atoms with Gasteiger partial charge in [-0.1, -0.05) is 0 Å². The van der Waals surface area contributed by atoms with Crippen molar-refractivity contribution in [2.75, 3.05) is 23.3 Å². The molecular weight excluding hydrogens is 332 g/mol. The summed E-state index contributed by atoms with van der Waals surface area (Å²) < 4.78 is 1.79. The van der Waals surface area contributed by atoms with Gasteiger partial charge in [0.25, 0.3) is 5.91 Å². The summed E-state index contributed by atoms with van der Waals surface area (Å²) in [5, 5.41) is 10.3. The van der Waals surface area contributed by atoms with Crippen LogP contribution in [0.1, 0.15) is 37.7 Å². The van der Waals surface area contributed by atoms with Crippen LogP contribution in [-0.4, -0.2) is 45.5 Å². The predicted octanol–water partition coefficient (Wildman–Crippen LogP) is 1.33. The van der Waals surface area contributed by atoms with Crippen LogP contribution < -0.4 is 15.5 Å². The fraction of sp³-hybridized carbons (Fsp3) is 0.444. The molecule has 2 saturated heterocycles. The van der Waals surface area contributed by atoms with Gasteiger partial charge in [0.1, 0.15) is 11.6 Å². The second-order valence-electron chi connectivity index (χ2n) is 7.17. The van der Waals surface area contributed by atoms with E-state index < -0.39 is 0 Å². The Labute approximate surface area is 150 Å². The van der Waals surface area contributed by atoms with E-state index in [2.05, 4.69) is 26.7 Å². The molecule has 5 rings (SSSR count). The molecule has 8 heteroatoms. The van der Waals surface area contributed by atoms with Crippen LogP contribution in [0, 0.1) is 0 Å². The molecule has 3 fully saturated rings.